The van der Waals surface area contributed by atoms with E-state index in [1.165, 1.54) is 0 Å². The lowest BCUT2D eigenvalue weighted by atomic mass is 9.95. The van der Waals surface area contributed by atoms with Crippen molar-refractivity contribution in [3.05, 3.63) is 28.8 Å². The molecule has 4 aliphatic rings. The predicted molar refractivity (Wildman–Crippen MR) is 104 cm³/mol. The Balaban J connectivity index is 1.19. The molecule has 0 N–H and O–H groups in total. The fourth-order valence-electron chi connectivity index (χ4n) is 4.50. The molecule has 1 amide bonds. The lowest BCUT2D eigenvalue weighted by Crippen LogP contribution is -2.40. The van der Waals surface area contributed by atoms with Crippen molar-refractivity contribution in [2.24, 2.45) is 22.9 Å². The molecule has 3 fully saturated rings. The number of ether oxygens (including phenoxy) is 1. The number of halogens is 1. The second kappa shape index (κ2) is 8.72. The van der Waals surface area contributed by atoms with E-state index in [9.17, 15) is 14.1 Å². The zero-order chi connectivity index (χ0) is 19.5. The summed E-state index contributed by atoms with van der Waals surface area (Å²) in [6, 6.07) is 0. The molecule has 2 aliphatic carbocycles. The number of amides is 1. The smallest absolute Gasteiger partial charge is 0.225 e. The summed E-state index contributed by atoms with van der Waals surface area (Å²) in [7, 11) is 0. The van der Waals surface area contributed by atoms with Crippen LogP contribution in [0, 0.1) is 22.7 Å². The summed E-state index contributed by atoms with van der Waals surface area (Å²) in [5.74, 6) is 0.707. The predicted octanol–water partition coefficient (Wildman–Crippen LogP) is 2.90. The maximum atomic E-state index is 14.7. The number of likely N-dealkylation sites (tertiary alicyclic amines) is 2. The summed E-state index contributed by atoms with van der Waals surface area (Å²) in [5, 5.41) is 2.86. The van der Waals surface area contributed by atoms with Crippen molar-refractivity contribution >= 4 is 5.91 Å². The number of hydrogen-bond donors (Lipinski definition) is 0. The zero-order valence-corrected chi connectivity index (χ0v) is 16.3. The average Bonchev–Trinajstić information content (AvgIpc) is 3.46. The summed E-state index contributed by atoms with van der Waals surface area (Å²) in [4.78, 5) is 26.7. The van der Waals surface area contributed by atoms with Crippen LogP contribution in [-0.4, -0.2) is 67.3 Å². The molecule has 2 unspecified atom stereocenters. The molecule has 28 heavy (non-hydrogen) atoms. The Hall–Kier alpha value is -1.76. The molecule has 6 nitrogen and oxygen atoms in total. The van der Waals surface area contributed by atoms with Crippen molar-refractivity contribution in [1.29, 1.82) is 0 Å². The Morgan fingerprint density at radius 2 is 1.96 bits per heavy atom. The molecular formula is C21H30FN3O3. The summed E-state index contributed by atoms with van der Waals surface area (Å²) < 4.78 is 20.8. The van der Waals surface area contributed by atoms with Crippen LogP contribution in [-0.2, 0) is 9.53 Å². The fourth-order valence-corrected chi connectivity index (χ4v) is 4.50. The monoisotopic (exact) mass is 391 g/mol. The van der Waals surface area contributed by atoms with Crippen LogP contribution in [0.2, 0.25) is 0 Å². The number of piperidine rings is 1. The van der Waals surface area contributed by atoms with Gasteiger partial charge in [-0.2, -0.15) is 4.91 Å². The Morgan fingerprint density at radius 3 is 2.68 bits per heavy atom. The van der Waals surface area contributed by atoms with Crippen molar-refractivity contribution in [2.45, 2.75) is 44.4 Å². The summed E-state index contributed by atoms with van der Waals surface area (Å²) in [6.07, 6.45) is 9.35. The third-order valence-corrected chi connectivity index (χ3v) is 6.50. The van der Waals surface area contributed by atoms with Gasteiger partial charge in [-0.05, 0) is 44.1 Å². The zero-order valence-electron chi connectivity index (χ0n) is 16.3. The maximum absolute atomic E-state index is 14.7. The summed E-state index contributed by atoms with van der Waals surface area (Å²) in [6.45, 7) is 3.88. The van der Waals surface area contributed by atoms with Crippen molar-refractivity contribution in [3.63, 3.8) is 0 Å². The van der Waals surface area contributed by atoms with Gasteiger partial charge in [-0.3, -0.25) is 4.79 Å². The van der Waals surface area contributed by atoms with Crippen molar-refractivity contribution < 1.29 is 13.9 Å². The first-order chi connectivity index (χ1) is 13.7. The number of nitrogens with zero attached hydrogens (tertiary/aromatic N) is 3. The maximum Gasteiger partial charge on any atom is 0.225 e. The highest BCUT2D eigenvalue weighted by molar-refractivity contribution is 5.81. The Morgan fingerprint density at radius 1 is 1.18 bits per heavy atom. The molecule has 0 radical (unpaired) electrons. The molecule has 7 heteroatoms. The minimum Gasteiger partial charge on any atom is -0.376 e. The first-order valence-corrected chi connectivity index (χ1v) is 10.6. The van der Waals surface area contributed by atoms with E-state index in [1.807, 2.05) is 15.9 Å². The quantitative estimate of drug-likeness (QED) is 0.626. The van der Waals surface area contributed by atoms with Crippen molar-refractivity contribution in [3.8, 4) is 0 Å². The largest absolute Gasteiger partial charge is 0.376 e. The number of alkyl halides is 1. The van der Waals surface area contributed by atoms with E-state index < -0.39 is 12.1 Å². The lowest BCUT2D eigenvalue weighted by molar-refractivity contribution is -0.134. The van der Waals surface area contributed by atoms with Crippen LogP contribution < -0.4 is 0 Å². The molecule has 154 valence electrons. The highest BCUT2D eigenvalue weighted by Crippen LogP contribution is 2.33. The minimum absolute atomic E-state index is 0.0231. The standard InChI is InChI=1S/C21H30FN3O3/c22-20-17(12-23-27)2-1-3-19(20)25-11-8-18(13-25)28-14-15-6-9-24(10-7-15)21(26)16-4-5-16/h1-3,15-18,20H,4-14H2/t17?,18-,20?/m0/s1. The van der Waals surface area contributed by atoms with E-state index in [2.05, 4.69) is 5.18 Å². The van der Waals surface area contributed by atoms with Gasteiger partial charge >= 0.3 is 0 Å². The van der Waals surface area contributed by atoms with Gasteiger partial charge in [0.1, 0.15) is 6.17 Å². The second-order valence-corrected chi connectivity index (χ2v) is 8.59. The fraction of sp³-hybridized carbons (Fsp3) is 0.762. The van der Waals surface area contributed by atoms with Crippen LogP contribution in [0.5, 0.6) is 0 Å². The van der Waals surface area contributed by atoms with Crippen LogP contribution in [0.1, 0.15) is 32.1 Å². The van der Waals surface area contributed by atoms with Gasteiger partial charge in [0.25, 0.3) is 0 Å². The molecule has 3 atom stereocenters. The van der Waals surface area contributed by atoms with Gasteiger partial charge in [0, 0.05) is 50.3 Å². The normalized spacial score (nSPS) is 31.2. The van der Waals surface area contributed by atoms with E-state index in [0.717, 1.165) is 58.3 Å². The number of nitroso groups, excluding NO2 is 1. The number of carbonyl (C=O) groups is 1. The van der Waals surface area contributed by atoms with E-state index in [4.69, 9.17) is 4.74 Å². The van der Waals surface area contributed by atoms with Gasteiger partial charge in [0.15, 0.2) is 0 Å². The van der Waals surface area contributed by atoms with Crippen LogP contribution in [0.25, 0.3) is 0 Å². The van der Waals surface area contributed by atoms with Gasteiger partial charge in [0.05, 0.1) is 12.6 Å². The molecule has 4 rings (SSSR count). The van der Waals surface area contributed by atoms with Crippen LogP contribution in [0.4, 0.5) is 4.39 Å². The topological polar surface area (TPSA) is 62.2 Å². The molecule has 0 aromatic rings. The average molecular weight is 391 g/mol. The third-order valence-electron chi connectivity index (χ3n) is 6.50. The van der Waals surface area contributed by atoms with Crippen LogP contribution in [0.15, 0.2) is 29.1 Å². The van der Waals surface area contributed by atoms with Crippen LogP contribution in [0.3, 0.4) is 0 Å². The van der Waals surface area contributed by atoms with E-state index in [0.29, 0.717) is 30.0 Å². The molecule has 1 saturated carbocycles. The molecule has 0 spiro atoms. The van der Waals surface area contributed by atoms with Gasteiger partial charge in [0.2, 0.25) is 5.91 Å². The first kappa shape index (κ1) is 19.6. The minimum atomic E-state index is -1.17. The van der Waals surface area contributed by atoms with Gasteiger partial charge in [-0.1, -0.05) is 17.3 Å². The van der Waals surface area contributed by atoms with E-state index in [1.54, 1.807) is 12.2 Å². The molecule has 2 heterocycles. The molecular weight excluding hydrogens is 361 g/mol. The van der Waals surface area contributed by atoms with Crippen LogP contribution >= 0.6 is 0 Å². The Kier molecular flexibility index (Phi) is 6.09. The number of carbonyl (C=O) groups excluding carboxylic acids is 1. The lowest BCUT2D eigenvalue weighted by Gasteiger charge is -2.32. The van der Waals surface area contributed by atoms with E-state index in [-0.39, 0.29) is 12.6 Å². The summed E-state index contributed by atoms with van der Waals surface area (Å²) in [5.41, 5.74) is 0.647. The molecule has 0 aromatic carbocycles. The molecule has 0 bridgehead atoms. The molecule has 0 aromatic heterocycles. The van der Waals surface area contributed by atoms with E-state index >= 15 is 0 Å². The molecule has 2 saturated heterocycles. The third kappa shape index (κ3) is 4.45. The van der Waals surface area contributed by atoms with Crippen molar-refractivity contribution in [2.75, 3.05) is 39.3 Å². The Labute approximate surface area is 165 Å². The second-order valence-electron chi connectivity index (χ2n) is 8.59. The van der Waals surface area contributed by atoms with Gasteiger partial charge in [-0.25, -0.2) is 4.39 Å². The van der Waals surface area contributed by atoms with Gasteiger partial charge in [-0.15, -0.1) is 0 Å². The Bertz CT molecular complexity index is 641. The number of hydrogen-bond acceptors (Lipinski definition) is 5. The van der Waals surface area contributed by atoms with Crippen molar-refractivity contribution in [1.82, 2.24) is 9.80 Å². The summed E-state index contributed by atoms with van der Waals surface area (Å²) >= 11 is 0. The van der Waals surface area contributed by atoms with Gasteiger partial charge < -0.3 is 14.5 Å². The molecule has 2 aliphatic heterocycles. The number of rotatable bonds is 7. The number of allylic oxidation sites excluding steroid dienone is 3. The highest BCUT2D eigenvalue weighted by atomic mass is 19.1. The first-order valence-electron chi connectivity index (χ1n) is 10.6. The highest BCUT2D eigenvalue weighted by Gasteiger charge is 2.36. The SMILES string of the molecule is O=NCC1C=CC=C(N2CC[C@H](OCC3CCN(C(=O)C4CC4)CC3)C2)C1F.